The number of benzene rings is 1. The summed E-state index contributed by atoms with van der Waals surface area (Å²) in [5.41, 5.74) is 11.5. The number of nitrogens with two attached hydrogens (primary N) is 1. The van der Waals surface area contributed by atoms with Crippen LogP contribution in [0, 0.1) is 32.1 Å². The number of ether oxygens (including phenoxy) is 1. The number of hydrogen-bond acceptors (Lipinski definition) is 7. The van der Waals surface area contributed by atoms with E-state index < -0.39 is 5.97 Å². The summed E-state index contributed by atoms with van der Waals surface area (Å²) in [5, 5.41) is 18.2. The van der Waals surface area contributed by atoms with E-state index >= 15 is 0 Å². The number of nitrogen functional groups attached to an aromatic ring is 1. The van der Waals surface area contributed by atoms with Crippen LogP contribution in [0.25, 0.3) is 22.5 Å². The van der Waals surface area contributed by atoms with E-state index in [1.54, 1.807) is 60.6 Å². The van der Waals surface area contributed by atoms with Gasteiger partial charge in [0.25, 0.3) is 0 Å². The van der Waals surface area contributed by atoms with Gasteiger partial charge in [0.15, 0.2) is 5.82 Å². The van der Waals surface area contributed by atoms with Crippen LogP contribution in [-0.4, -0.2) is 42.1 Å². The lowest BCUT2D eigenvalue weighted by Gasteiger charge is -2.04. The van der Waals surface area contributed by atoms with Crippen molar-refractivity contribution in [2.45, 2.75) is 27.7 Å². The number of nitriles is 1. The van der Waals surface area contributed by atoms with Crippen molar-refractivity contribution in [3.8, 4) is 17.6 Å². The molecule has 0 saturated carbocycles. The highest BCUT2D eigenvalue weighted by atomic mass is 16.5. The molecule has 0 fully saturated rings. The van der Waals surface area contributed by atoms with Gasteiger partial charge < -0.3 is 15.5 Å². The largest absolute Gasteiger partial charge is 0.462 e. The first kappa shape index (κ1) is 22.5. The molecule has 10 nitrogen and oxygen atoms in total. The molecule has 3 aromatic heterocycles. The number of aromatic nitrogens is 6. The molecule has 0 atom stereocenters. The summed E-state index contributed by atoms with van der Waals surface area (Å²) in [6.45, 7) is 7.49. The number of carbonyl (C=O) groups excluding carboxylic acids is 1. The lowest BCUT2D eigenvalue weighted by Crippen LogP contribution is -2.08. The van der Waals surface area contributed by atoms with Gasteiger partial charge in [-0.1, -0.05) is 0 Å². The molecule has 10 heteroatoms. The Balaban J connectivity index is 1.84. The number of rotatable bonds is 4. The zero-order valence-electron chi connectivity index (χ0n) is 19.3. The third-order valence-corrected chi connectivity index (χ3v) is 5.37. The zero-order chi connectivity index (χ0) is 24.4. The predicted octanol–water partition coefficient (Wildman–Crippen LogP) is 3.61. The number of H-pyrrole nitrogens is 1. The number of anilines is 1. The van der Waals surface area contributed by atoms with E-state index in [4.69, 9.17) is 15.7 Å². The van der Waals surface area contributed by atoms with Gasteiger partial charge >= 0.3 is 5.97 Å². The Bertz CT molecular complexity index is 1480. The minimum absolute atomic E-state index is 0.277. The molecular formula is C24H24N8O2. The van der Waals surface area contributed by atoms with Crippen molar-refractivity contribution in [2.75, 3.05) is 12.3 Å². The number of nitrogens with zero attached hydrogens (tertiary/aromatic N) is 6. The topological polar surface area (TPSA) is 140 Å². The highest BCUT2D eigenvalue weighted by Crippen LogP contribution is 2.21. The molecule has 0 unspecified atom stereocenters. The highest BCUT2D eigenvalue weighted by Gasteiger charge is 2.21. The first-order chi connectivity index (χ1) is 16.3. The lowest BCUT2D eigenvalue weighted by atomic mass is 10.2. The van der Waals surface area contributed by atoms with Crippen LogP contribution in [0.1, 0.15) is 39.9 Å². The fourth-order valence-electron chi connectivity index (χ4n) is 3.74. The third kappa shape index (κ3) is 4.06. The highest BCUT2D eigenvalue weighted by molar-refractivity contribution is 5.92. The summed E-state index contributed by atoms with van der Waals surface area (Å²) in [5.74, 6) is 0.335. The van der Waals surface area contributed by atoms with Crippen molar-refractivity contribution in [1.82, 2.24) is 29.5 Å². The van der Waals surface area contributed by atoms with Crippen molar-refractivity contribution in [3.63, 3.8) is 0 Å². The van der Waals surface area contributed by atoms with E-state index in [-0.39, 0.29) is 6.61 Å². The molecule has 0 amide bonds. The molecule has 0 aliphatic carbocycles. The minimum Gasteiger partial charge on any atom is -0.462 e. The van der Waals surface area contributed by atoms with Gasteiger partial charge in [-0.15, -0.1) is 0 Å². The fraction of sp³-hybridized carbons (Fsp3) is 0.208. The average molecular weight is 457 g/mol. The molecule has 4 aromatic rings. The molecule has 0 aliphatic rings. The smallest absolute Gasteiger partial charge is 0.341 e. The number of aromatic amines is 1. The maximum absolute atomic E-state index is 12.4. The lowest BCUT2D eigenvalue weighted by molar-refractivity contribution is 0.0524. The van der Waals surface area contributed by atoms with Gasteiger partial charge in [0.05, 0.1) is 46.5 Å². The van der Waals surface area contributed by atoms with Crippen LogP contribution in [0.5, 0.6) is 0 Å². The molecule has 0 radical (unpaired) electrons. The Labute approximate surface area is 195 Å². The van der Waals surface area contributed by atoms with Crippen LogP contribution in [0.2, 0.25) is 0 Å². The van der Waals surface area contributed by atoms with Gasteiger partial charge in [-0.25, -0.2) is 19.1 Å². The molecule has 0 bridgehead atoms. The number of fused-ring (bicyclic) bond motifs is 1. The zero-order valence-corrected chi connectivity index (χ0v) is 19.3. The monoisotopic (exact) mass is 456 g/mol. The maximum Gasteiger partial charge on any atom is 0.341 e. The van der Waals surface area contributed by atoms with Crippen molar-refractivity contribution in [3.05, 3.63) is 70.8 Å². The quantitative estimate of drug-likeness (QED) is 0.447. The van der Waals surface area contributed by atoms with Crippen LogP contribution in [0.15, 0.2) is 42.6 Å². The number of nitrogens with one attached hydrogen (secondary N) is 1. The normalized spacial score (nSPS) is 10.7. The molecule has 0 saturated heterocycles. The number of hydrogen-bond donors (Lipinski definition) is 2. The number of aryl methyl sites for hydroxylation is 2. The van der Waals surface area contributed by atoms with Gasteiger partial charge in [0.2, 0.25) is 0 Å². The van der Waals surface area contributed by atoms with Gasteiger partial charge in [0, 0.05) is 12.3 Å². The summed E-state index contributed by atoms with van der Waals surface area (Å²) < 4.78 is 8.49. The summed E-state index contributed by atoms with van der Waals surface area (Å²) in [6.07, 6.45) is 1.61. The Morgan fingerprint density at radius 3 is 2.53 bits per heavy atom. The predicted molar refractivity (Wildman–Crippen MR) is 127 cm³/mol. The average Bonchev–Trinajstić information content (AvgIpc) is 3.30. The number of carbonyl (C=O) groups is 1. The van der Waals surface area contributed by atoms with Crippen molar-refractivity contribution in [2.24, 2.45) is 0 Å². The van der Waals surface area contributed by atoms with Crippen LogP contribution in [0.3, 0.4) is 0 Å². The summed E-state index contributed by atoms with van der Waals surface area (Å²) in [7, 11) is 0. The van der Waals surface area contributed by atoms with E-state index in [0.717, 1.165) is 16.9 Å². The van der Waals surface area contributed by atoms with E-state index in [1.165, 1.54) is 0 Å². The molecule has 3 heterocycles. The van der Waals surface area contributed by atoms with Crippen LogP contribution in [0.4, 0.5) is 5.82 Å². The van der Waals surface area contributed by atoms with E-state index in [2.05, 4.69) is 26.2 Å². The van der Waals surface area contributed by atoms with Crippen molar-refractivity contribution in [1.29, 1.82) is 5.26 Å². The van der Waals surface area contributed by atoms with E-state index in [0.29, 0.717) is 39.7 Å². The second-order valence-corrected chi connectivity index (χ2v) is 7.62. The molecular weight excluding hydrogens is 432 g/mol. The molecule has 1 aromatic carbocycles. The summed E-state index contributed by atoms with van der Waals surface area (Å²) in [4.78, 5) is 20.1. The maximum atomic E-state index is 12.4. The Morgan fingerprint density at radius 1 is 1.12 bits per heavy atom. The van der Waals surface area contributed by atoms with Crippen molar-refractivity contribution >= 4 is 22.8 Å². The fourth-order valence-corrected chi connectivity index (χ4v) is 3.74. The molecule has 4 rings (SSSR count). The first-order valence-electron chi connectivity index (χ1n) is 10.7. The van der Waals surface area contributed by atoms with Gasteiger partial charge in [-0.2, -0.15) is 15.5 Å². The molecule has 0 spiro atoms. The van der Waals surface area contributed by atoms with E-state index in [1.807, 2.05) is 19.1 Å². The molecule has 172 valence electrons. The summed E-state index contributed by atoms with van der Waals surface area (Å²) in [6, 6.07) is 12.7. The van der Waals surface area contributed by atoms with Crippen molar-refractivity contribution < 1.29 is 9.53 Å². The molecule has 34 heavy (non-hydrogen) atoms. The van der Waals surface area contributed by atoms with Gasteiger partial charge in [-0.05, 0) is 58.0 Å². The Kier molecular flexibility index (Phi) is 6.01. The Hall–Kier alpha value is -4.65. The van der Waals surface area contributed by atoms with Gasteiger partial charge in [-0.3, -0.25) is 0 Å². The van der Waals surface area contributed by atoms with Crippen LogP contribution in [-0.2, 0) is 4.74 Å². The third-order valence-electron chi connectivity index (χ3n) is 5.37. The summed E-state index contributed by atoms with van der Waals surface area (Å²) >= 11 is 0. The minimum atomic E-state index is -0.425. The molecule has 0 aliphatic heterocycles. The SMILES string of the molecule is CCOC(=O)c1c(C)nn(-c2cc(N)[nH]c3c(C)n(-c4ccc(C#N)cc4)nc3ccn2)c1C. The van der Waals surface area contributed by atoms with Crippen LogP contribution >= 0.6 is 0 Å². The molecule has 3 N–H and O–H groups in total. The number of esters is 1. The Morgan fingerprint density at radius 2 is 1.85 bits per heavy atom. The second-order valence-electron chi connectivity index (χ2n) is 7.62. The second kappa shape index (κ2) is 9.07. The van der Waals surface area contributed by atoms with E-state index in [9.17, 15) is 4.79 Å². The first-order valence-corrected chi connectivity index (χ1v) is 10.7. The standard InChI is InChI=1S/C24H24N8O2/c1-5-34-24(33)22-14(2)29-32(15(22)3)21-12-20(26)28-23-16(4)31(30-19(23)10-11-27-21)18-8-6-17(13-25)7-9-18/h6-12,28H,5,26H2,1-4H3. The van der Waals surface area contributed by atoms with Crippen LogP contribution < -0.4 is 5.73 Å². The van der Waals surface area contributed by atoms with Gasteiger partial charge in [0.1, 0.15) is 16.9 Å².